The second-order valence-electron chi connectivity index (χ2n) is 3.99. The maximum Gasteiger partial charge on any atom is 0.195 e. The molecular formula is C14H11ClFNO. The Hall–Kier alpha value is -1.87. The van der Waals surface area contributed by atoms with Crippen molar-refractivity contribution in [2.45, 2.75) is 6.92 Å². The van der Waals surface area contributed by atoms with E-state index in [9.17, 15) is 9.18 Å². The van der Waals surface area contributed by atoms with Crippen molar-refractivity contribution >= 4 is 23.1 Å². The van der Waals surface area contributed by atoms with Crippen LogP contribution in [0.5, 0.6) is 0 Å². The standard InChI is InChI=1S/C14H11ClFNO/c1-8-5-6-9(7-11(8)15)14(18)10-3-2-4-12(16)13(10)17/h2-7H,17H2,1H3. The SMILES string of the molecule is Cc1ccc(C(=O)c2cccc(F)c2N)cc1Cl. The van der Waals surface area contributed by atoms with Crippen molar-refractivity contribution in [2.75, 3.05) is 5.73 Å². The van der Waals surface area contributed by atoms with Gasteiger partial charge in [-0.15, -0.1) is 0 Å². The van der Waals surface area contributed by atoms with Crippen LogP contribution in [0.1, 0.15) is 21.5 Å². The molecule has 0 atom stereocenters. The minimum atomic E-state index is -0.598. The Kier molecular flexibility index (Phi) is 3.34. The van der Waals surface area contributed by atoms with Crippen LogP contribution >= 0.6 is 11.6 Å². The van der Waals surface area contributed by atoms with Gasteiger partial charge in [0.1, 0.15) is 5.82 Å². The highest BCUT2D eigenvalue weighted by Crippen LogP contribution is 2.22. The molecule has 2 N–H and O–H groups in total. The van der Waals surface area contributed by atoms with Gasteiger partial charge in [-0.2, -0.15) is 0 Å². The number of rotatable bonds is 2. The molecule has 0 saturated carbocycles. The van der Waals surface area contributed by atoms with Gasteiger partial charge in [0.2, 0.25) is 0 Å². The Balaban J connectivity index is 2.48. The summed E-state index contributed by atoms with van der Waals surface area (Å²) in [6, 6.07) is 9.11. The average Bonchev–Trinajstić information content (AvgIpc) is 2.35. The van der Waals surface area contributed by atoms with Gasteiger partial charge in [0.15, 0.2) is 5.78 Å². The van der Waals surface area contributed by atoms with Crippen LogP contribution in [0.3, 0.4) is 0 Å². The Labute approximate surface area is 109 Å². The van der Waals surface area contributed by atoms with Gasteiger partial charge in [-0.05, 0) is 30.7 Å². The van der Waals surface area contributed by atoms with Crippen LogP contribution in [0, 0.1) is 12.7 Å². The number of benzene rings is 2. The van der Waals surface area contributed by atoms with Crippen molar-refractivity contribution in [1.29, 1.82) is 0 Å². The van der Waals surface area contributed by atoms with E-state index in [1.165, 1.54) is 18.2 Å². The fourth-order valence-corrected chi connectivity index (χ4v) is 1.81. The normalized spacial score (nSPS) is 10.4. The van der Waals surface area contributed by atoms with Crippen molar-refractivity contribution in [3.63, 3.8) is 0 Å². The summed E-state index contributed by atoms with van der Waals surface area (Å²) >= 11 is 5.96. The molecule has 2 aromatic rings. The van der Waals surface area contributed by atoms with Crippen molar-refractivity contribution < 1.29 is 9.18 Å². The zero-order valence-electron chi connectivity index (χ0n) is 9.71. The molecule has 0 bridgehead atoms. The molecule has 0 spiro atoms. The van der Waals surface area contributed by atoms with E-state index >= 15 is 0 Å². The van der Waals surface area contributed by atoms with Gasteiger partial charge in [-0.1, -0.05) is 29.8 Å². The van der Waals surface area contributed by atoms with Crippen LogP contribution in [-0.4, -0.2) is 5.78 Å². The van der Waals surface area contributed by atoms with Gasteiger partial charge in [0.05, 0.1) is 5.69 Å². The smallest absolute Gasteiger partial charge is 0.195 e. The molecular weight excluding hydrogens is 253 g/mol. The van der Waals surface area contributed by atoms with Crippen molar-refractivity contribution in [3.8, 4) is 0 Å². The fraction of sp³-hybridized carbons (Fsp3) is 0.0714. The van der Waals surface area contributed by atoms with Gasteiger partial charge < -0.3 is 5.73 Å². The number of carbonyl (C=O) groups is 1. The summed E-state index contributed by atoms with van der Waals surface area (Å²) in [5.41, 5.74) is 6.84. The third-order valence-corrected chi connectivity index (χ3v) is 3.14. The van der Waals surface area contributed by atoms with Crippen LogP contribution < -0.4 is 5.73 Å². The monoisotopic (exact) mass is 263 g/mol. The molecule has 0 fully saturated rings. The van der Waals surface area contributed by atoms with Crippen LogP contribution in [0.4, 0.5) is 10.1 Å². The molecule has 0 radical (unpaired) electrons. The van der Waals surface area contributed by atoms with E-state index < -0.39 is 5.82 Å². The molecule has 4 heteroatoms. The van der Waals surface area contributed by atoms with E-state index in [1.54, 1.807) is 18.2 Å². The minimum Gasteiger partial charge on any atom is -0.396 e. The van der Waals surface area contributed by atoms with Gasteiger partial charge in [0.25, 0.3) is 0 Å². The first-order valence-corrected chi connectivity index (χ1v) is 5.73. The molecule has 2 rings (SSSR count). The summed E-state index contributed by atoms with van der Waals surface area (Å²) in [5.74, 6) is -0.937. The fourth-order valence-electron chi connectivity index (χ4n) is 1.62. The number of nitrogens with two attached hydrogens (primary N) is 1. The van der Waals surface area contributed by atoms with Gasteiger partial charge in [0, 0.05) is 16.1 Å². The third-order valence-electron chi connectivity index (χ3n) is 2.73. The summed E-state index contributed by atoms with van der Waals surface area (Å²) in [7, 11) is 0. The van der Waals surface area contributed by atoms with Crippen LogP contribution in [0.15, 0.2) is 36.4 Å². The van der Waals surface area contributed by atoms with E-state index in [0.717, 1.165) is 5.56 Å². The van der Waals surface area contributed by atoms with E-state index in [4.69, 9.17) is 17.3 Å². The number of carbonyl (C=O) groups excluding carboxylic acids is 1. The maximum atomic E-state index is 13.3. The van der Waals surface area contributed by atoms with E-state index in [1.807, 2.05) is 6.92 Å². The van der Waals surface area contributed by atoms with Crippen molar-refractivity contribution in [1.82, 2.24) is 0 Å². The number of hydrogen-bond donors (Lipinski definition) is 1. The predicted octanol–water partition coefficient (Wildman–Crippen LogP) is 3.60. The first-order valence-electron chi connectivity index (χ1n) is 5.35. The van der Waals surface area contributed by atoms with Gasteiger partial charge >= 0.3 is 0 Å². The molecule has 92 valence electrons. The summed E-state index contributed by atoms with van der Waals surface area (Å²) in [6.07, 6.45) is 0. The molecule has 0 unspecified atom stereocenters. The van der Waals surface area contributed by atoms with Gasteiger partial charge in [-0.3, -0.25) is 4.79 Å². The number of hydrogen-bond acceptors (Lipinski definition) is 2. The second-order valence-corrected chi connectivity index (χ2v) is 4.40. The maximum absolute atomic E-state index is 13.3. The highest BCUT2D eigenvalue weighted by atomic mass is 35.5. The number of aryl methyl sites for hydroxylation is 1. The Morgan fingerprint density at radius 3 is 2.67 bits per heavy atom. The molecule has 18 heavy (non-hydrogen) atoms. The lowest BCUT2D eigenvalue weighted by Crippen LogP contribution is -2.07. The first-order chi connectivity index (χ1) is 8.50. The Bertz CT molecular complexity index is 625. The summed E-state index contributed by atoms with van der Waals surface area (Å²) in [6.45, 7) is 1.84. The third kappa shape index (κ3) is 2.22. The molecule has 0 amide bonds. The Morgan fingerprint density at radius 1 is 1.28 bits per heavy atom. The number of anilines is 1. The average molecular weight is 264 g/mol. The molecule has 2 nitrogen and oxygen atoms in total. The van der Waals surface area contributed by atoms with E-state index in [-0.39, 0.29) is 17.0 Å². The molecule has 0 saturated heterocycles. The van der Waals surface area contributed by atoms with Crippen LogP contribution in [0.2, 0.25) is 5.02 Å². The zero-order valence-corrected chi connectivity index (χ0v) is 10.5. The second kappa shape index (κ2) is 4.78. The number of halogens is 2. The molecule has 0 aliphatic heterocycles. The number of para-hydroxylation sites is 1. The highest BCUT2D eigenvalue weighted by Gasteiger charge is 2.15. The van der Waals surface area contributed by atoms with Gasteiger partial charge in [-0.25, -0.2) is 4.39 Å². The quantitative estimate of drug-likeness (QED) is 0.664. The lowest BCUT2D eigenvalue weighted by molar-refractivity contribution is 0.103. The molecule has 0 heterocycles. The first kappa shape index (κ1) is 12.6. The zero-order chi connectivity index (χ0) is 13.3. The van der Waals surface area contributed by atoms with Crippen molar-refractivity contribution in [2.24, 2.45) is 0 Å². The summed E-state index contributed by atoms with van der Waals surface area (Å²) < 4.78 is 13.3. The largest absolute Gasteiger partial charge is 0.396 e. The number of nitrogen functional groups attached to an aromatic ring is 1. The molecule has 0 aliphatic carbocycles. The van der Waals surface area contributed by atoms with Crippen LogP contribution in [-0.2, 0) is 0 Å². The molecule has 0 aromatic heterocycles. The van der Waals surface area contributed by atoms with E-state index in [0.29, 0.717) is 10.6 Å². The number of ketones is 1. The van der Waals surface area contributed by atoms with E-state index in [2.05, 4.69) is 0 Å². The van der Waals surface area contributed by atoms with Crippen LogP contribution in [0.25, 0.3) is 0 Å². The topological polar surface area (TPSA) is 43.1 Å². The molecule has 2 aromatic carbocycles. The minimum absolute atomic E-state index is 0.140. The summed E-state index contributed by atoms with van der Waals surface area (Å²) in [5, 5.41) is 0.496. The predicted molar refractivity (Wildman–Crippen MR) is 70.4 cm³/mol. The van der Waals surface area contributed by atoms with Crippen molar-refractivity contribution in [3.05, 3.63) is 63.9 Å². The lowest BCUT2D eigenvalue weighted by atomic mass is 10.0. The summed E-state index contributed by atoms with van der Waals surface area (Å²) in [4.78, 5) is 12.2. The Morgan fingerprint density at radius 2 is 2.00 bits per heavy atom. The lowest BCUT2D eigenvalue weighted by Gasteiger charge is -2.07. The molecule has 0 aliphatic rings. The highest BCUT2D eigenvalue weighted by molar-refractivity contribution is 6.32.